The van der Waals surface area contributed by atoms with Crippen LogP contribution in [0.3, 0.4) is 0 Å². The van der Waals surface area contributed by atoms with Crippen molar-refractivity contribution >= 4 is 17.7 Å². The van der Waals surface area contributed by atoms with E-state index in [9.17, 15) is 4.79 Å². The van der Waals surface area contributed by atoms with Gasteiger partial charge in [0.15, 0.2) is 0 Å². The Labute approximate surface area is 54.3 Å². The van der Waals surface area contributed by atoms with E-state index in [1.54, 1.807) is 0 Å². The van der Waals surface area contributed by atoms with E-state index in [1.807, 2.05) is 6.92 Å². The second-order valence-corrected chi connectivity index (χ2v) is 2.03. The summed E-state index contributed by atoms with van der Waals surface area (Å²) in [4.78, 5) is 10.1. The first-order valence-electron chi connectivity index (χ1n) is 2.57. The molecule has 1 unspecified atom stereocenters. The summed E-state index contributed by atoms with van der Waals surface area (Å²) in [6, 6.07) is 0. The van der Waals surface area contributed by atoms with Gasteiger partial charge >= 0.3 is 0 Å². The van der Waals surface area contributed by atoms with Crippen LogP contribution in [0.2, 0.25) is 0 Å². The van der Waals surface area contributed by atoms with Gasteiger partial charge in [-0.05, 0) is 6.42 Å². The number of carbonyl (C=O) groups excluding carboxylic acids is 1. The highest BCUT2D eigenvalue weighted by atomic mass is 32.1. The molecule has 48 valence electrons. The van der Waals surface area contributed by atoms with Gasteiger partial charge in [0.05, 0.1) is 6.10 Å². The number of aliphatic hydroxyl groups excluding tert-OH is 1. The topological polar surface area (TPSA) is 37.3 Å². The molecule has 0 aliphatic rings. The molecule has 8 heavy (non-hydrogen) atoms. The fourth-order valence-electron chi connectivity index (χ4n) is 0.391. The molecule has 0 aromatic rings. The van der Waals surface area contributed by atoms with Crippen LogP contribution in [-0.2, 0) is 17.4 Å². The van der Waals surface area contributed by atoms with Gasteiger partial charge in [0.1, 0.15) is 0 Å². The third-order valence-corrected chi connectivity index (χ3v) is 1.11. The van der Waals surface area contributed by atoms with E-state index in [-0.39, 0.29) is 0 Å². The first-order valence-corrected chi connectivity index (χ1v) is 2.98. The maximum atomic E-state index is 10.1. The lowest BCUT2D eigenvalue weighted by molar-refractivity contribution is -0.118. The van der Waals surface area contributed by atoms with Crippen molar-refractivity contribution in [3.63, 3.8) is 0 Å². The van der Waals surface area contributed by atoms with E-state index in [1.165, 1.54) is 0 Å². The predicted octanol–water partition coefficient (Wildman–Crippen LogP) is 0.221. The molecule has 0 fully saturated rings. The minimum Gasteiger partial charge on any atom is -0.739 e. The van der Waals surface area contributed by atoms with Crippen LogP contribution < -0.4 is 0 Å². The molecule has 3 heteroatoms. The smallest absolute Gasteiger partial charge is 0.0906 e. The quantitative estimate of drug-likeness (QED) is 0.560. The van der Waals surface area contributed by atoms with Crippen molar-refractivity contribution in [2.75, 3.05) is 0 Å². The molecule has 1 atom stereocenters. The maximum Gasteiger partial charge on any atom is 0.0906 e. The Morgan fingerprint density at radius 3 is 2.50 bits per heavy atom. The SMILES string of the molecule is CCCC(O)C(=O)[S-]. The highest BCUT2D eigenvalue weighted by Gasteiger charge is 1.99. The Morgan fingerprint density at radius 1 is 1.88 bits per heavy atom. The van der Waals surface area contributed by atoms with Crippen molar-refractivity contribution in [3.05, 3.63) is 0 Å². The number of hydrogen-bond donors (Lipinski definition) is 1. The number of carbonyl (C=O) groups is 1. The zero-order valence-electron chi connectivity index (χ0n) is 4.76. The van der Waals surface area contributed by atoms with Crippen LogP contribution in [0.25, 0.3) is 0 Å². The summed E-state index contributed by atoms with van der Waals surface area (Å²) >= 11 is 4.18. The molecule has 0 amide bonds. The van der Waals surface area contributed by atoms with Crippen molar-refractivity contribution in [3.8, 4) is 0 Å². The maximum absolute atomic E-state index is 10.1. The molecule has 0 aliphatic heterocycles. The minimum absolute atomic E-state index is 0.488. The molecule has 0 spiro atoms. The lowest BCUT2D eigenvalue weighted by Crippen LogP contribution is -2.16. The van der Waals surface area contributed by atoms with Gasteiger partial charge in [0, 0.05) is 5.12 Å². The Balaban J connectivity index is 3.32. The second kappa shape index (κ2) is 3.80. The van der Waals surface area contributed by atoms with Crippen LogP contribution >= 0.6 is 0 Å². The summed E-state index contributed by atoms with van der Waals surface area (Å²) in [7, 11) is 0. The molecule has 0 rings (SSSR count). The fourth-order valence-corrected chi connectivity index (χ4v) is 0.509. The van der Waals surface area contributed by atoms with Crippen LogP contribution in [0, 0.1) is 0 Å². The zero-order valence-corrected chi connectivity index (χ0v) is 5.57. The molecular formula is C5H9O2S-. The summed E-state index contributed by atoms with van der Waals surface area (Å²) in [6.07, 6.45) is 0.376. The third kappa shape index (κ3) is 2.93. The van der Waals surface area contributed by atoms with Gasteiger partial charge in [-0.2, -0.15) is 0 Å². The fraction of sp³-hybridized carbons (Fsp3) is 0.800. The van der Waals surface area contributed by atoms with Gasteiger partial charge < -0.3 is 22.5 Å². The molecule has 1 N–H and O–H groups in total. The first-order chi connectivity index (χ1) is 3.68. The molecule has 2 nitrogen and oxygen atoms in total. The van der Waals surface area contributed by atoms with E-state index >= 15 is 0 Å². The van der Waals surface area contributed by atoms with E-state index in [0.717, 1.165) is 6.42 Å². The lowest BCUT2D eigenvalue weighted by atomic mass is 10.2. The molecule has 0 saturated heterocycles. The van der Waals surface area contributed by atoms with E-state index in [0.29, 0.717) is 6.42 Å². The number of hydrogen-bond acceptors (Lipinski definition) is 3. The summed E-state index contributed by atoms with van der Waals surface area (Å²) in [5.74, 6) is 0. The second-order valence-electron chi connectivity index (χ2n) is 1.62. The highest BCUT2D eigenvalue weighted by Crippen LogP contribution is 1.94. The summed E-state index contributed by atoms with van der Waals surface area (Å²) in [5.41, 5.74) is 0. The molecule has 0 radical (unpaired) electrons. The minimum atomic E-state index is -0.907. The Hall–Kier alpha value is -0.150. The molecular weight excluding hydrogens is 124 g/mol. The molecule has 0 heterocycles. The van der Waals surface area contributed by atoms with Gasteiger partial charge in [0.2, 0.25) is 0 Å². The normalized spacial score (nSPS) is 13.2. The summed E-state index contributed by atoms with van der Waals surface area (Å²) < 4.78 is 0. The Morgan fingerprint density at radius 2 is 2.38 bits per heavy atom. The lowest BCUT2D eigenvalue weighted by Gasteiger charge is -2.09. The van der Waals surface area contributed by atoms with Crippen molar-refractivity contribution in [1.29, 1.82) is 0 Å². The van der Waals surface area contributed by atoms with Crippen LogP contribution in [0.5, 0.6) is 0 Å². The summed E-state index contributed by atoms with van der Waals surface area (Å²) in [6.45, 7) is 1.89. The monoisotopic (exact) mass is 133 g/mol. The average molecular weight is 133 g/mol. The van der Waals surface area contributed by atoms with Crippen molar-refractivity contribution in [2.24, 2.45) is 0 Å². The predicted molar refractivity (Wildman–Crippen MR) is 33.3 cm³/mol. The van der Waals surface area contributed by atoms with Crippen molar-refractivity contribution < 1.29 is 9.90 Å². The van der Waals surface area contributed by atoms with Crippen molar-refractivity contribution in [2.45, 2.75) is 25.9 Å². The van der Waals surface area contributed by atoms with Crippen molar-refractivity contribution in [1.82, 2.24) is 0 Å². The zero-order chi connectivity index (χ0) is 6.57. The Bertz CT molecular complexity index is 82.5. The highest BCUT2D eigenvalue weighted by molar-refractivity contribution is 7.77. The number of aliphatic hydroxyl groups is 1. The van der Waals surface area contributed by atoms with E-state index in [2.05, 4.69) is 12.6 Å². The van der Waals surface area contributed by atoms with Crippen LogP contribution in [-0.4, -0.2) is 16.3 Å². The molecule has 0 aromatic heterocycles. The molecule has 0 aromatic carbocycles. The summed E-state index contributed by atoms with van der Waals surface area (Å²) in [5, 5.41) is 8.12. The van der Waals surface area contributed by atoms with Gasteiger partial charge in [-0.25, -0.2) is 0 Å². The van der Waals surface area contributed by atoms with Gasteiger partial charge in [-0.3, -0.25) is 0 Å². The average Bonchev–Trinajstić information content (AvgIpc) is 1.67. The van der Waals surface area contributed by atoms with Gasteiger partial charge in [-0.15, -0.1) is 0 Å². The van der Waals surface area contributed by atoms with Gasteiger partial charge in [0.25, 0.3) is 0 Å². The van der Waals surface area contributed by atoms with E-state index in [4.69, 9.17) is 5.11 Å². The molecule has 0 aliphatic carbocycles. The number of rotatable bonds is 3. The van der Waals surface area contributed by atoms with Crippen LogP contribution in [0.4, 0.5) is 0 Å². The third-order valence-electron chi connectivity index (χ3n) is 0.834. The Kier molecular flexibility index (Phi) is 3.73. The van der Waals surface area contributed by atoms with Crippen LogP contribution in [0.15, 0.2) is 0 Å². The van der Waals surface area contributed by atoms with Gasteiger partial charge in [-0.1, -0.05) is 13.3 Å². The van der Waals surface area contributed by atoms with E-state index < -0.39 is 11.2 Å². The molecule has 0 saturated carbocycles. The molecule has 0 bridgehead atoms. The largest absolute Gasteiger partial charge is 0.739 e. The van der Waals surface area contributed by atoms with Crippen LogP contribution in [0.1, 0.15) is 19.8 Å². The first kappa shape index (κ1) is 7.85. The standard InChI is InChI=1S/C5H10O2S/c1-2-3-4(6)5(7)8/h4,6H,2-3H2,1H3,(H,7,8)/p-1.